The number of thiazole rings is 1. The van der Waals surface area contributed by atoms with Gasteiger partial charge in [0.25, 0.3) is 0 Å². The molecule has 2 unspecified atom stereocenters. The summed E-state index contributed by atoms with van der Waals surface area (Å²) in [5, 5.41) is 3.50. The first-order chi connectivity index (χ1) is 10.4. The van der Waals surface area contributed by atoms with Crippen molar-refractivity contribution in [2.75, 3.05) is 7.11 Å². The molecule has 0 fully saturated rings. The first-order valence-electron chi connectivity index (χ1n) is 6.99. The molecule has 0 radical (unpaired) electrons. The van der Waals surface area contributed by atoms with E-state index in [1.54, 1.807) is 25.1 Å². The highest BCUT2D eigenvalue weighted by molar-refractivity contribution is 7.15. The molecule has 0 bridgehead atoms. The SMILES string of the molecule is COC(C)C(=O)NC(C)c1sc(-c2ccccc2F)nc1C. The van der Waals surface area contributed by atoms with Gasteiger partial charge in [0, 0.05) is 12.7 Å². The van der Waals surface area contributed by atoms with Crippen molar-refractivity contribution in [3.63, 3.8) is 0 Å². The normalized spacial score (nSPS) is 13.7. The summed E-state index contributed by atoms with van der Waals surface area (Å²) >= 11 is 1.39. The van der Waals surface area contributed by atoms with E-state index in [0.29, 0.717) is 10.6 Å². The maximum atomic E-state index is 13.9. The number of hydrogen-bond acceptors (Lipinski definition) is 4. The van der Waals surface area contributed by atoms with Gasteiger partial charge in [0.15, 0.2) is 0 Å². The van der Waals surface area contributed by atoms with Crippen LogP contribution in [-0.4, -0.2) is 24.1 Å². The van der Waals surface area contributed by atoms with Gasteiger partial charge in [-0.05, 0) is 32.9 Å². The molecule has 0 aliphatic heterocycles. The molecule has 4 nitrogen and oxygen atoms in total. The van der Waals surface area contributed by atoms with E-state index < -0.39 is 6.10 Å². The number of ether oxygens (including phenoxy) is 1. The number of hydrogen-bond donors (Lipinski definition) is 1. The summed E-state index contributed by atoms with van der Waals surface area (Å²) in [6.45, 7) is 5.43. The summed E-state index contributed by atoms with van der Waals surface area (Å²) in [6.07, 6.45) is -0.512. The predicted molar refractivity (Wildman–Crippen MR) is 85.3 cm³/mol. The van der Waals surface area contributed by atoms with Crippen LogP contribution in [0.5, 0.6) is 0 Å². The van der Waals surface area contributed by atoms with Gasteiger partial charge < -0.3 is 10.1 Å². The van der Waals surface area contributed by atoms with E-state index in [9.17, 15) is 9.18 Å². The van der Waals surface area contributed by atoms with Crippen LogP contribution in [0.3, 0.4) is 0 Å². The molecule has 2 atom stereocenters. The first-order valence-corrected chi connectivity index (χ1v) is 7.81. The zero-order valence-electron chi connectivity index (χ0n) is 13.0. The molecule has 1 N–H and O–H groups in total. The Kier molecular flexibility index (Phi) is 5.26. The highest BCUT2D eigenvalue weighted by Crippen LogP contribution is 2.32. The highest BCUT2D eigenvalue weighted by atomic mass is 32.1. The van der Waals surface area contributed by atoms with Crippen molar-refractivity contribution in [1.29, 1.82) is 0 Å². The van der Waals surface area contributed by atoms with Gasteiger partial charge in [-0.25, -0.2) is 9.37 Å². The number of halogens is 1. The standard InChI is InChI=1S/C16H19FN2O2S/c1-9(18-15(20)11(3)21-4)14-10(2)19-16(22-14)12-7-5-6-8-13(12)17/h5-9,11H,1-4H3,(H,18,20). The van der Waals surface area contributed by atoms with Gasteiger partial charge in [0.1, 0.15) is 16.9 Å². The van der Waals surface area contributed by atoms with Gasteiger partial charge in [-0.3, -0.25) is 4.79 Å². The van der Waals surface area contributed by atoms with Crippen LogP contribution in [0.1, 0.15) is 30.5 Å². The Balaban J connectivity index is 2.23. The number of nitrogens with one attached hydrogen (secondary N) is 1. The lowest BCUT2D eigenvalue weighted by Crippen LogP contribution is -2.35. The van der Waals surface area contributed by atoms with Crippen molar-refractivity contribution in [1.82, 2.24) is 10.3 Å². The fraction of sp³-hybridized carbons (Fsp3) is 0.375. The molecule has 0 saturated carbocycles. The Hall–Kier alpha value is -1.79. The maximum absolute atomic E-state index is 13.9. The quantitative estimate of drug-likeness (QED) is 0.917. The summed E-state index contributed by atoms with van der Waals surface area (Å²) in [6, 6.07) is 6.34. The molecule has 6 heteroatoms. The Bertz CT molecular complexity index is 672. The molecule has 0 saturated heterocycles. The Morgan fingerprint density at radius 2 is 2.05 bits per heavy atom. The van der Waals surface area contributed by atoms with Gasteiger partial charge in [0.05, 0.1) is 16.6 Å². The Morgan fingerprint density at radius 1 is 1.36 bits per heavy atom. The number of rotatable bonds is 5. The number of aromatic nitrogens is 1. The van der Waals surface area contributed by atoms with Crippen LogP contribution in [0, 0.1) is 12.7 Å². The molecular formula is C16H19FN2O2S. The van der Waals surface area contributed by atoms with Crippen LogP contribution < -0.4 is 5.32 Å². The molecule has 2 aromatic rings. The second-order valence-electron chi connectivity index (χ2n) is 5.06. The second kappa shape index (κ2) is 6.98. The monoisotopic (exact) mass is 322 g/mol. The molecule has 22 heavy (non-hydrogen) atoms. The fourth-order valence-electron chi connectivity index (χ4n) is 2.06. The minimum atomic E-state index is -0.512. The summed E-state index contributed by atoms with van der Waals surface area (Å²) in [7, 11) is 1.49. The Labute approximate surface area is 133 Å². The smallest absolute Gasteiger partial charge is 0.249 e. The molecule has 0 aliphatic rings. The van der Waals surface area contributed by atoms with Gasteiger partial charge in [-0.2, -0.15) is 0 Å². The number of carbonyl (C=O) groups excluding carboxylic acids is 1. The van der Waals surface area contributed by atoms with Crippen LogP contribution in [0.25, 0.3) is 10.6 Å². The van der Waals surface area contributed by atoms with Crippen LogP contribution in [-0.2, 0) is 9.53 Å². The third-order valence-electron chi connectivity index (χ3n) is 3.41. The first kappa shape index (κ1) is 16.6. The Morgan fingerprint density at radius 3 is 2.68 bits per heavy atom. The molecule has 2 rings (SSSR count). The number of amides is 1. The fourth-order valence-corrected chi connectivity index (χ4v) is 3.16. The molecule has 0 spiro atoms. The number of benzene rings is 1. The minimum absolute atomic E-state index is 0.185. The van der Waals surface area contributed by atoms with Crippen LogP contribution in [0.2, 0.25) is 0 Å². The molecule has 118 valence electrons. The molecule has 0 aliphatic carbocycles. The number of aryl methyl sites for hydroxylation is 1. The van der Waals surface area contributed by atoms with Crippen molar-refractivity contribution < 1.29 is 13.9 Å². The maximum Gasteiger partial charge on any atom is 0.249 e. The number of carbonyl (C=O) groups is 1. The molecule has 1 aromatic heterocycles. The highest BCUT2D eigenvalue weighted by Gasteiger charge is 2.20. The average molecular weight is 322 g/mol. The van der Waals surface area contributed by atoms with Crippen molar-refractivity contribution in [2.24, 2.45) is 0 Å². The van der Waals surface area contributed by atoms with Crippen LogP contribution in [0.4, 0.5) is 4.39 Å². The van der Waals surface area contributed by atoms with Crippen molar-refractivity contribution in [2.45, 2.75) is 32.9 Å². The van der Waals surface area contributed by atoms with Gasteiger partial charge in [-0.1, -0.05) is 12.1 Å². The van der Waals surface area contributed by atoms with Crippen molar-refractivity contribution >= 4 is 17.2 Å². The summed E-state index contributed by atoms with van der Waals surface area (Å²) in [4.78, 5) is 17.2. The topological polar surface area (TPSA) is 51.2 Å². The molecule has 1 aromatic carbocycles. The summed E-state index contributed by atoms with van der Waals surface area (Å²) < 4.78 is 18.9. The van der Waals surface area contributed by atoms with Crippen molar-refractivity contribution in [3.05, 3.63) is 40.7 Å². The zero-order valence-corrected chi connectivity index (χ0v) is 13.8. The lowest BCUT2D eigenvalue weighted by Gasteiger charge is -2.16. The van der Waals surface area contributed by atoms with Gasteiger partial charge in [0.2, 0.25) is 5.91 Å². The third kappa shape index (κ3) is 3.51. The second-order valence-corrected chi connectivity index (χ2v) is 6.09. The largest absolute Gasteiger partial charge is 0.372 e. The third-order valence-corrected chi connectivity index (χ3v) is 4.78. The van der Waals surface area contributed by atoms with Gasteiger partial charge in [-0.15, -0.1) is 11.3 Å². The van der Waals surface area contributed by atoms with E-state index in [0.717, 1.165) is 10.6 Å². The predicted octanol–water partition coefficient (Wildman–Crippen LogP) is 3.47. The van der Waals surface area contributed by atoms with Crippen LogP contribution in [0.15, 0.2) is 24.3 Å². The molecule has 1 heterocycles. The number of methoxy groups -OCH3 is 1. The van der Waals surface area contributed by atoms with E-state index in [1.807, 2.05) is 13.8 Å². The molecule has 1 amide bonds. The van der Waals surface area contributed by atoms with E-state index in [1.165, 1.54) is 24.5 Å². The lowest BCUT2D eigenvalue weighted by molar-refractivity contribution is -0.130. The van der Waals surface area contributed by atoms with E-state index in [-0.39, 0.29) is 17.8 Å². The van der Waals surface area contributed by atoms with Crippen molar-refractivity contribution in [3.8, 4) is 10.6 Å². The van der Waals surface area contributed by atoms with E-state index in [4.69, 9.17) is 4.74 Å². The number of nitrogens with zero attached hydrogens (tertiary/aromatic N) is 1. The molecular weight excluding hydrogens is 303 g/mol. The average Bonchev–Trinajstić information content (AvgIpc) is 2.88. The van der Waals surface area contributed by atoms with Gasteiger partial charge >= 0.3 is 0 Å². The lowest BCUT2D eigenvalue weighted by atomic mass is 10.2. The zero-order chi connectivity index (χ0) is 16.3. The minimum Gasteiger partial charge on any atom is -0.372 e. The van der Waals surface area contributed by atoms with Crippen LogP contribution >= 0.6 is 11.3 Å². The van der Waals surface area contributed by atoms with E-state index >= 15 is 0 Å². The summed E-state index contributed by atoms with van der Waals surface area (Å²) in [5.74, 6) is -0.484. The van der Waals surface area contributed by atoms with E-state index in [2.05, 4.69) is 10.3 Å². The summed E-state index contributed by atoms with van der Waals surface area (Å²) in [5.41, 5.74) is 1.27.